The second kappa shape index (κ2) is 7.81. The number of imide groups is 1. The van der Waals surface area contributed by atoms with Crippen LogP contribution in [-0.4, -0.2) is 64.8 Å². The van der Waals surface area contributed by atoms with Crippen LogP contribution in [0.2, 0.25) is 0 Å². The Morgan fingerprint density at radius 2 is 1.91 bits per heavy atom. The Bertz CT molecular complexity index is 506. The standard InChI is InChI=1S/C15H24N2O5S/c1-10(18)23-9-11(12(19)22-5)7-6-8-17-13(20)15(2,3)16(4)14(17)21/h11H,6-9H2,1-5H3. The van der Waals surface area contributed by atoms with E-state index in [1.807, 2.05) is 0 Å². The zero-order valence-electron chi connectivity index (χ0n) is 14.2. The highest BCUT2D eigenvalue weighted by Gasteiger charge is 2.48. The van der Waals surface area contributed by atoms with Crippen molar-refractivity contribution in [1.29, 1.82) is 0 Å². The van der Waals surface area contributed by atoms with Gasteiger partial charge in [-0.1, -0.05) is 11.8 Å². The Labute approximate surface area is 140 Å². The molecule has 1 unspecified atom stereocenters. The average molecular weight is 344 g/mol. The Hall–Kier alpha value is -1.57. The normalized spacial score (nSPS) is 18.3. The highest BCUT2D eigenvalue weighted by Crippen LogP contribution is 2.26. The molecule has 0 aromatic carbocycles. The molecule has 3 amide bonds. The smallest absolute Gasteiger partial charge is 0.327 e. The van der Waals surface area contributed by atoms with Gasteiger partial charge in [0.25, 0.3) is 5.91 Å². The molecule has 1 aliphatic rings. The molecule has 23 heavy (non-hydrogen) atoms. The van der Waals surface area contributed by atoms with Gasteiger partial charge in [-0.15, -0.1) is 0 Å². The van der Waals surface area contributed by atoms with Crippen molar-refractivity contribution in [3.8, 4) is 0 Å². The second-order valence-corrected chi connectivity index (χ2v) is 7.22. The number of esters is 1. The van der Waals surface area contributed by atoms with Crippen LogP contribution in [0.1, 0.15) is 33.6 Å². The van der Waals surface area contributed by atoms with Gasteiger partial charge in [-0.3, -0.25) is 19.3 Å². The van der Waals surface area contributed by atoms with Crippen LogP contribution >= 0.6 is 11.8 Å². The van der Waals surface area contributed by atoms with Crippen molar-refractivity contribution in [2.45, 2.75) is 39.2 Å². The molecular weight excluding hydrogens is 320 g/mol. The summed E-state index contributed by atoms with van der Waals surface area (Å²) in [6, 6.07) is -0.326. The summed E-state index contributed by atoms with van der Waals surface area (Å²) in [4.78, 5) is 49.8. The molecule has 1 saturated heterocycles. The van der Waals surface area contributed by atoms with Crippen molar-refractivity contribution in [3.05, 3.63) is 0 Å². The first kappa shape index (κ1) is 19.5. The van der Waals surface area contributed by atoms with Crippen molar-refractivity contribution in [3.63, 3.8) is 0 Å². The molecule has 0 aliphatic carbocycles. The maximum Gasteiger partial charge on any atom is 0.327 e. The summed E-state index contributed by atoms with van der Waals surface area (Å²) >= 11 is 1.07. The quantitative estimate of drug-likeness (QED) is 0.514. The van der Waals surface area contributed by atoms with Crippen LogP contribution in [0.3, 0.4) is 0 Å². The zero-order chi connectivity index (χ0) is 17.8. The molecule has 0 saturated carbocycles. The van der Waals surface area contributed by atoms with E-state index in [-0.39, 0.29) is 29.6 Å². The fraction of sp³-hybridized carbons (Fsp3) is 0.733. The molecule has 0 spiro atoms. The summed E-state index contributed by atoms with van der Waals surface area (Å²) in [6.45, 7) is 5.10. The lowest BCUT2D eigenvalue weighted by Crippen LogP contribution is -2.41. The van der Waals surface area contributed by atoms with E-state index in [1.165, 1.54) is 23.8 Å². The molecule has 130 valence electrons. The predicted molar refractivity (Wildman–Crippen MR) is 86.8 cm³/mol. The highest BCUT2D eigenvalue weighted by atomic mass is 32.2. The van der Waals surface area contributed by atoms with Gasteiger partial charge < -0.3 is 9.64 Å². The van der Waals surface area contributed by atoms with Crippen molar-refractivity contribution in [2.24, 2.45) is 5.92 Å². The summed E-state index contributed by atoms with van der Waals surface area (Å²) in [7, 11) is 2.90. The number of nitrogens with zero attached hydrogens (tertiary/aromatic N) is 2. The summed E-state index contributed by atoms with van der Waals surface area (Å²) in [5.41, 5.74) is -0.844. The van der Waals surface area contributed by atoms with Crippen LogP contribution < -0.4 is 0 Å². The van der Waals surface area contributed by atoms with Crippen LogP contribution in [0.15, 0.2) is 0 Å². The lowest BCUT2D eigenvalue weighted by molar-refractivity contribution is -0.144. The number of carbonyl (C=O) groups excluding carboxylic acids is 4. The third-order valence-corrected chi connectivity index (χ3v) is 5.06. The van der Waals surface area contributed by atoms with Gasteiger partial charge in [0.1, 0.15) is 5.54 Å². The van der Waals surface area contributed by atoms with E-state index < -0.39 is 11.5 Å². The zero-order valence-corrected chi connectivity index (χ0v) is 15.1. The molecule has 1 fully saturated rings. The van der Waals surface area contributed by atoms with E-state index in [2.05, 4.69) is 0 Å². The summed E-state index contributed by atoms with van der Waals surface area (Å²) in [5.74, 6) is -0.699. The van der Waals surface area contributed by atoms with Crippen molar-refractivity contribution in [2.75, 3.05) is 26.5 Å². The molecule has 1 rings (SSSR count). The molecule has 1 atom stereocenters. The predicted octanol–water partition coefficient (Wildman–Crippen LogP) is 1.51. The third-order valence-electron chi connectivity index (χ3n) is 4.08. The van der Waals surface area contributed by atoms with Gasteiger partial charge in [0, 0.05) is 26.3 Å². The van der Waals surface area contributed by atoms with Crippen LogP contribution in [0.5, 0.6) is 0 Å². The molecule has 8 heteroatoms. The topological polar surface area (TPSA) is 84.0 Å². The molecule has 1 heterocycles. The van der Waals surface area contributed by atoms with Gasteiger partial charge in [0.2, 0.25) is 0 Å². The fourth-order valence-corrected chi connectivity index (χ4v) is 3.07. The minimum Gasteiger partial charge on any atom is -0.469 e. The molecule has 0 bridgehead atoms. The van der Waals surface area contributed by atoms with Crippen LogP contribution in [0, 0.1) is 5.92 Å². The number of likely N-dealkylation sites (N-methyl/N-ethyl adjacent to an activating group) is 1. The average Bonchev–Trinajstić information content (AvgIpc) is 2.64. The minimum atomic E-state index is -0.844. The number of thioether (sulfide) groups is 1. The number of ether oxygens (including phenoxy) is 1. The van der Waals surface area contributed by atoms with Crippen LogP contribution in [-0.2, 0) is 19.1 Å². The van der Waals surface area contributed by atoms with Crippen molar-refractivity contribution >= 4 is 34.8 Å². The van der Waals surface area contributed by atoms with Gasteiger partial charge in [-0.25, -0.2) is 4.79 Å². The highest BCUT2D eigenvalue weighted by molar-refractivity contribution is 8.13. The SMILES string of the molecule is COC(=O)C(CCCN1C(=O)N(C)C(C)(C)C1=O)CSC(C)=O. The Balaban J connectivity index is 2.59. The van der Waals surface area contributed by atoms with Crippen molar-refractivity contribution < 1.29 is 23.9 Å². The van der Waals surface area contributed by atoms with E-state index in [0.29, 0.717) is 18.6 Å². The fourth-order valence-electron chi connectivity index (χ4n) is 2.33. The molecule has 7 nitrogen and oxygen atoms in total. The molecular formula is C15H24N2O5S. The molecule has 0 aromatic rings. The van der Waals surface area contributed by atoms with E-state index in [0.717, 1.165) is 11.8 Å². The number of hydrogen-bond donors (Lipinski definition) is 0. The monoisotopic (exact) mass is 344 g/mol. The van der Waals surface area contributed by atoms with E-state index >= 15 is 0 Å². The van der Waals surface area contributed by atoms with Gasteiger partial charge in [-0.2, -0.15) is 0 Å². The Morgan fingerprint density at radius 3 is 2.35 bits per heavy atom. The lowest BCUT2D eigenvalue weighted by Gasteiger charge is -2.22. The largest absolute Gasteiger partial charge is 0.469 e. The number of urea groups is 1. The number of rotatable bonds is 7. The number of hydrogen-bond acceptors (Lipinski definition) is 6. The van der Waals surface area contributed by atoms with Crippen molar-refractivity contribution in [1.82, 2.24) is 9.80 Å². The Kier molecular flexibility index (Phi) is 6.61. The first-order chi connectivity index (χ1) is 10.6. The molecule has 1 aliphatic heterocycles. The van der Waals surface area contributed by atoms with Crippen LogP contribution in [0.25, 0.3) is 0 Å². The first-order valence-electron chi connectivity index (χ1n) is 7.43. The third kappa shape index (κ3) is 4.46. The number of carbonyl (C=O) groups is 4. The lowest BCUT2D eigenvalue weighted by atomic mass is 10.0. The maximum absolute atomic E-state index is 12.3. The molecule has 0 aromatic heterocycles. The second-order valence-electron chi connectivity index (χ2n) is 6.02. The summed E-state index contributed by atoms with van der Waals surface area (Å²) in [5, 5.41) is -0.0628. The van der Waals surface area contributed by atoms with Gasteiger partial charge in [0.15, 0.2) is 5.12 Å². The van der Waals surface area contributed by atoms with E-state index in [4.69, 9.17) is 4.74 Å². The Morgan fingerprint density at radius 1 is 1.30 bits per heavy atom. The van der Waals surface area contributed by atoms with E-state index in [1.54, 1.807) is 20.9 Å². The maximum atomic E-state index is 12.3. The van der Waals surface area contributed by atoms with Gasteiger partial charge in [0.05, 0.1) is 13.0 Å². The summed E-state index contributed by atoms with van der Waals surface area (Å²) in [6.07, 6.45) is 0.938. The van der Waals surface area contributed by atoms with Crippen LogP contribution in [0.4, 0.5) is 4.79 Å². The van der Waals surface area contributed by atoms with Gasteiger partial charge >= 0.3 is 12.0 Å². The first-order valence-corrected chi connectivity index (χ1v) is 8.42. The minimum absolute atomic E-state index is 0.0628. The molecule has 0 N–H and O–H groups in total. The molecule has 0 radical (unpaired) electrons. The summed E-state index contributed by atoms with van der Waals surface area (Å²) < 4.78 is 4.74. The van der Waals surface area contributed by atoms with Gasteiger partial charge in [-0.05, 0) is 26.7 Å². The number of amides is 3. The number of methoxy groups -OCH3 is 1. The van der Waals surface area contributed by atoms with E-state index in [9.17, 15) is 19.2 Å².